The van der Waals surface area contributed by atoms with Crippen LogP contribution in [-0.4, -0.2) is 33.4 Å². The summed E-state index contributed by atoms with van der Waals surface area (Å²) < 4.78 is 19.1. The molecule has 5 nitrogen and oxygen atoms in total. The molecule has 3 rings (SSSR count). The molecule has 0 aliphatic rings. The van der Waals surface area contributed by atoms with Gasteiger partial charge in [-0.15, -0.1) is 11.3 Å². The highest BCUT2D eigenvalue weighted by atomic mass is 32.2. The molecule has 3 aromatic rings. The van der Waals surface area contributed by atoms with Crippen molar-refractivity contribution in [3.8, 4) is 0 Å². The molecule has 2 heterocycles. The fourth-order valence-electron chi connectivity index (χ4n) is 3.06. The van der Waals surface area contributed by atoms with Crippen molar-refractivity contribution in [3.63, 3.8) is 0 Å². The molecule has 7 heteroatoms. The number of hydrogen-bond acceptors (Lipinski definition) is 5. The normalized spacial score (nSPS) is 12.0. The van der Waals surface area contributed by atoms with E-state index in [1.54, 1.807) is 35.6 Å². The van der Waals surface area contributed by atoms with Gasteiger partial charge in [0.1, 0.15) is 0 Å². The third-order valence-corrected chi connectivity index (χ3v) is 6.36. The average Bonchev–Trinajstić information content (AvgIpc) is 3.29. The topological polar surface area (TPSA) is 65.4 Å². The van der Waals surface area contributed by atoms with Gasteiger partial charge in [0.15, 0.2) is 6.61 Å². The average molecular weight is 416 g/mol. The van der Waals surface area contributed by atoms with Crippen LogP contribution in [0.3, 0.4) is 0 Å². The summed E-state index contributed by atoms with van der Waals surface area (Å²) in [5, 5.41) is 2.02. The highest BCUT2D eigenvalue weighted by molar-refractivity contribution is 7.84. The number of esters is 1. The molecule has 0 aliphatic carbocycles. The van der Waals surface area contributed by atoms with Crippen molar-refractivity contribution in [2.75, 3.05) is 12.9 Å². The van der Waals surface area contributed by atoms with Gasteiger partial charge in [0, 0.05) is 28.1 Å². The Morgan fingerprint density at radius 3 is 2.54 bits per heavy atom. The summed E-state index contributed by atoms with van der Waals surface area (Å²) in [6.45, 7) is 4.20. The molecular weight excluding hydrogens is 394 g/mol. The third-order valence-electron chi connectivity index (χ3n) is 4.52. The van der Waals surface area contributed by atoms with E-state index in [-0.39, 0.29) is 18.0 Å². The molecule has 2 aromatic heterocycles. The Labute approximate surface area is 170 Å². The first-order chi connectivity index (χ1) is 13.4. The lowest BCUT2D eigenvalue weighted by Gasteiger charge is -2.09. The van der Waals surface area contributed by atoms with Gasteiger partial charge in [0.25, 0.3) is 0 Å². The molecule has 1 aromatic carbocycles. The summed E-state index contributed by atoms with van der Waals surface area (Å²) in [6.07, 6.45) is 1.50. The van der Waals surface area contributed by atoms with Gasteiger partial charge < -0.3 is 9.30 Å². The minimum Gasteiger partial charge on any atom is -0.454 e. The largest absolute Gasteiger partial charge is 0.454 e. The van der Waals surface area contributed by atoms with Gasteiger partial charge in [-0.05, 0) is 43.5 Å². The van der Waals surface area contributed by atoms with Gasteiger partial charge in [0.05, 0.1) is 27.8 Å². The van der Waals surface area contributed by atoms with Crippen LogP contribution in [0, 0.1) is 13.8 Å². The van der Waals surface area contributed by atoms with Crippen molar-refractivity contribution < 1.29 is 18.5 Å². The Morgan fingerprint density at radius 1 is 1.11 bits per heavy atom. The van der Waals surface area contributed by atoms with E-state index >= 15 is 0 Å². The Balaban J connectivity index is 1.72. The molecule has 146 valence electrons. The fourth-order valence-corrected chi connectivity index (χ4v) is 4.48. The Morgan fingerprint density at radius 2 is 1.86 bits per heavy atom. The van der Waals surface area contributed by atoms with Crippen molar-refractivity contribution in [1.29, 1.82) is 0 Å². The van der Waals surface area contributed by atoms with E-state index in [4.69, 9.17) is 4.74 Å². The van der Waals surface area contributed by atoms with Crippen LogP contribution in [0.4, 0.5) is 0 Å². The van der Waals surface area contributed by atoms with Crippen LogP contribution in [0.15, 0.2) is 52.7 Å². The van der Waals surface area contributed by atoms with Crippen molar-refractivity contribution in [2.45, 2.75) is 25.3 Å². The molecule has 0 saturated carbocycles. The smallest absolute Gasteiger partial charge is 0.339 e. The second kappa shape index (κ2) is 8.67. The zero-order valence-electron chi connectivity index (χ0n) is 15.9. The molecule has 1 atom stereocenters. The summed E-state index contributed by atoms with van der Waals surface area (Å²) in [4.78, 5) is 26.6. The fraction of sp³-hybridized carbons (Fsp3) is 0.238. The van der Waals surface area contributed by atoms with E-state index in [0.717, 1.165) is 11.4 Å². The maximum absolute atomic E-state index is 12.6. The van der Waals surface area contributed by atoms with E-state index < -0.39 is 16.8 Å². The zero-order valence-corrected chi connectivity index (χ0v) is 17.6. The summed E-state index contributed by atoms with van der Waals surface area (Å²) in [6, 6.07) is 12.4. The number of rotatable bonds is 7. The van der Waals surface area contributed by atoms with E-state index in [1.807, 2.05) is 31.4 Å². The second-order valence-electron chi connectivity index (χ2n) is 6.40. The lowest BCUT2D eigenvalue weighted by molar-refractivity contribution is 0.0471. The molecular formula is C21H21NO4S2. The van der Waals surface area contributed by atoms with Gasteiger partial charge in [-0.3, -0.25) is 9.00 Å². The van der Waals surface area contributed by atoms with Gasteiger partial charge in [0.2, 0.25) is 5.78 Å². The van der Waals surface area contributed by atoms with E-state index in [2.05, 4.69) is 10.6 Å². The highest BCUT2D eigenvalue weighted by Crippen LogP contribution is 2.20. The number of benzene rings is 1. The standard InChI is InChI=1S/C21H21NO4S2/c1-14-11-18(15(2)22(14)12-16-7-6-10-27-16)19(23)13-26-21(24)17-8-4-5-9-20(17)28(3)25/h4-11H,12-13H2,1-3H3/t28-/m0/s1. The molecule has 28 heavy (non-hydrogen) atoms. The van der Waals surface area contributed by atoms with E-state index in [1.165, 1.54) is 11.1 Å². The summed E-state index contributed by atoms with van der Waals surface area (Å²) in [5.41, 5.74) is 2.60. The number of ether oxygens (including phenoxy) is 1. The first kappa shape index (κ1) is 20.2. The molecule has 0 unspecified atom stereocenters. The predicted molar refractivity (Wildman–Crippen MR) is 111 cm³/mol. The monoisotopic (exact) mass is 415 g/mol. The number of thiophene rings is 1. The number of carbonyl (C=O) groups is 2. The lowest BCUT2D eigenvalue weighted by atomic mass is 10.1. The first-order valence-electron chi connectivity index (χ1n) is 8.70. The quantitative estimate of drug-likeness (QED) is 0.432. The van der Waals surface area contributed by atoms with Crippen molar-refractivity contribution in [2.24, 2.45) is 0 Å². The van der Waals surface area contributed by atoms with Crippen LogP contribution in [0.5, 0.6) is 0 Å². The van der Waals surface area contributed by atoms with Gasteiger partial charge >= 0.3 is 5.97 Å². The van der Waals surface area contributed by atoms with E-state index in [9.17, 15) is 13.8 Å². The van der Waals surface area contributed by atoms with Crippen LogP contribution in [-0.2, 0) is 22.1 Å². The van der Waals surface area contributed by atoms with E-state index in [0.29, 0.717) is 17.0 Å². The van der Waals surface area contributed by atoms with Crippen LogP contribution < -0.4 is 0 Å². The maximum Gasteiger partial charge on any atom is 0.339 e. The molecule has 0 fully saturated rings. The van der Waals surface area contributed by atoms with Crippen LogP contribution >= 0.6 is 11.3 Å². The Bertz CT molecular complexity index is 1030. The molecule has 0 spiro atoms. The summed E-state index contributed by atoms with van der Waals surface area (Å²) in [5.74, 6) is -0.902. The maximum atomic E-state index is 12.6. The van der Waals surface area contributed by atoms with Crippen LogP contribution in [0.2, 0.25) is 0 Å². The summed E-state index contributed by atoms with van der Waals surface area (Å²) in [7, 11) is -1.32. The molecule has 0 bridgehead atoms. The Hall–Kier alpha value is -2.51. The highest BCUT2D eigenvalue weighted by Gasteiger charge is 2.20. The number of nitrogens with zero attached hydrogens (tertiary/aromatic N) is 1. The first-order valence-corrected chi connectivity index (χ1v) is 11.1. The SMILES string of the molecule is Cc1cc(C(=O)COC(=O)c2ccccc2[S@](C)=O)c(C)n1Cc1cccs1. The number of ketones is 1. The Kier molecular flexibility index (Phi) is 6.26. The molecule has 0 aliphatic heterocycles. The lowest BCUT2D eigenvalue weighted by Crippen LogP contribution is -2.16. The minimum atomic E-state index is -1.32. The van der Waals surface area contributed by atoms with Gasteiger partial charge in [-0.25, -0.2) is 4.79 Å². The summed E-state index contributed by atoms with van der Waals surface area (Å²) >= 11 is 1.67. The van der Waals surface area contributed by atoms with Gasteiger partial charge in [-0.1, -0.05) is 18.2 Å². The van der Waals surface area contributed by atoms with Crippen molar-refractivity contribution >= 4 is 33.9 Å². The second-order valence-corrected chi connectivity index (χ2v) is 8.78. The van der Waals surface area contributed by atoms with Crippen molar-refractivity contribution in [1.82, 2.24) is 4.57 Å². The molecule has 0 radical (unpaired) electrons. The minimum absolute atomic E-state index is 0.222. The number of hydrogen-bond donors (Lipinski definition) is 0. The molecule has 0 amide bonds. The van der Waals surface area contributed by atoms with Gasteiger partial charge in [-0.2, -0.15) is 0 Å². The predicted octanol–water partition coefficient (Wildman–Crippen LogP) is 3.99. The van der Waals surface area contributed by atoms with Crippen molar-refractivity contribution in [3.05, 3.63) is 75.2 Å². The van der Waals surface area contributed by atoms with Crippen LogP contribution in [0.1, 0.15) is 37.0 Å². The third kappa shape index (κ3) is 4.31. The number of Topliss-reactive ketones (excluding diaryl/α,β-unsaturated/α-hetero) is 1. The number of carbonyl (C=O) groups excluding carboxylic acids is 2. The molecule has 0 saturated heterocycles. The number of aryl methyl sites for hydroxylation is 1. The molecule has 0 N–H and O–H groups in total. The van der Waals surface area contributed by atoms with Crippen LogP contribution in [0.25, 0.3) is 0 Å². The zero-order chi connectivity index (χ0) is 20.3. The number of aromatic nitrogens is 1.